The molecule has 0 bridgehead atoms. The Labute approximate surface area is 94.8 Å². The van der Waals surface area contributed by atoms with Gasteiger partial charge in [-0.2, -0.15) is 0 Å². The summed E-state index contributed by atoms with van der Waals surface area (Å²) in [6.45, 7) is 10.7. The van der Waals surface area contributed by atoms with Crippen molar-refractivity contribution in [3.63, 3.8) is 0 Å². The third-order valence-electron chi connectivity index (χ3n) is 3.59. The Balaban J connectivity index is 2.33. The van der Waals surface area contributed by atoms with Crippen molar-refractivity contribution in [1.29, 1.82) is 0 Å². The predicted molar refractivity (Wildman–Crippen MR) is 65.1 cm³/mol. The highest BCUT2D eigenvalue weighted by atomic mass is 16.5. The van der Waals surface area contributed by atoms with Crippen molar-refractivity contribution in [2.24, 2.45) is 11.8 Å². The molecule has 1 saturated carbocycles. The number of ether oxygens (including phenoxy) is 1. The summed E-state index contributed by atoms with van der Waals surface area (Å²) in [5.41, 5.74) is 0. The van der Waals surface area contributed by atoms with Gasteiger partial charge in [-0.05, 0) is 38.5 Å². The summed E-state index contributed by atoms with van der Waals surface area (Å²) in [5, 5.41) is 3.73. The van der Waals surface area contributed by atoms with Crippen LogP contribution in [0.25, 0.3) is 0 Å². The van der Waals surface area contributed by atoms with Crippen molar-refractivity contribution < 1.29 is 4.74 Å². The summed E-state index contributed by atoms with van der Waals surface area (Å²) in [6.07, 6.45) is 4.16. The van der Waals surface area contributed by atoms with Gasteiger partial charge in [0.05, 0.1) is 6.61 Å². The Morgan fingerprint density at radius 3 is 2.40 bits per heavy atom. The van der Waals surface area contributed by atoms with Crippen LogP contribution in [0.4, 0.5) is 0 Å². The van der Waals surface area contributed by atoms with Gasteiger partial charge < -0.3 is 10.1 Å². The maximum absolute atomic E-state index is 5.44. The lowest BCUT2D eigenvalue weighted by Crippen LogP contribution is -2.48. The second-order valence-electron chi connectivity index (χ2n) is 5.14. The fraction of sp³-hybridized carbons (Fsp3) is 1.00. The standard InChI is InChI=1S/C13H27NO/c1-5-15-9-12(4)14-13-10(2)7-6-8-11(13)3/h10-14H,5-9H2,1-4H3. The third kappa shape index (κ3) is 4.12. The third-order valence-corrected chi connectivity index (χ3v) is 3.59. The molecule has 2 heteroatoms. The van der Waals surface area contributed by atoms with Crippen molar-refractivity contribution in [2.75, 3.05) is 13.2 Å². The van der Waals surface area contributed by atoms with E-state index in [4.69, 9.17) is 4.74 Å². The maximum Gasteiger partial charge on any atom is 0.0616 e. The van der Waals surface area contributed by atoms with Crippen LogP contribution in [-0.2, 0) is 4.74 Å². The average Bonchev–Trinajstić information content (AvgIpc) is 2.21. The first kappa shape index (κ1) is 13.0. The molecule has 0 radical (unpaired) electrons. The molecule has 3 atom stereocenters. The number of hydrogen-bond acceptors (Lipinski definition) is 2. The lowest BCUT2D eigenvalue weighted by atomic mass is 9.78. The van der Waals surface area contributed by atoms with Gasteiger partial charge in [0.2, 0.25) is 0 Å². The molecule has 0 aromatic carbocycles. The van der Waals surface area contributed by atoms with Gasteiger partial charge in [0, 0.05) is 18.7 Å². The zero-order valence-electron chi connectivity index (χ0n) is 10.8. The monoisotopic (exact) mass is 213 g/mol. The summed E-state index contributed by atoms with van der Waals surface area (Å²) >= 11 is 0. The van der Waals surface area contributed by atoms with Gasteiger partial charge in [0.1, 0.15) is 0 Å². The van der Waals surface area contributed by atoms with E-state index in [-0.39, 0.29) is 0 Å². The van der Waals surface area contributed by atoms with Crippen molar-refractivity contribution >= 4 is 0 Å². The van der Waals surface area contributed by atoms with Crippen LogP contribution >= 0.6 is 0 Å². The summed E-state index contributed by atoms with van der Waals surface area (Å²) in [7, 11) is 0. The van der Waals surface area contributed by atoms with Crippen molar-refractivity contribution in [3.05, 3.63) is 0 Å². The van der Waals surface area contributed by atoms with Crippen LogP contribution in [0.1, 0.15) is 47.0 Å². The summed E-state index contributed by atoms with van der Waals surface area (Å²) in [5.74, 6) is 1.63. The first-order chi connectivity index (χ1) is 7.15. The summed E-state index contributed by atoms with van der Waals surface area (Å²) < 4.78 is 5.44. The van der Waals surface area contributed by atoms with Crippen LogP contribution in [0.5, 0.6) is 0 Å². The van der Waals surface area contributed by atoms with Gasteiger partial charge in [0.25, 0.3) is 0 Å². The Morgan fingerprint density at radius 1 is 1.27 bits per heavy atom. The van der Waals surface area contributed by atoms with Crippen molar-refractivity contribution in [1.82, 2.24) is 5.32 Å². The smallest absolute Gasteiger partial charge is 0.0616 e. The van der Waals surface area contributed by atoms with Crippen LogP contribution in [-0.4, -0.2) is 25.3 Å². The highest BCUT2D eigenvalue weighted by Gasteiger charge is 2.28. The first-order valence-corrected chi connectivity index (χ1v) is 6.49. The van der Waals surface area contributed by atoms with Crippen LogP contribution in [0.15, 0.2) is 0 Å². The fourth-order valence-electron chi connectivity index (χ4n) is 2.68. The second-order valence-corrected chi connectivity index (χ2v) is 5.14. The normalized spacial score (nSPS) is 34.0. The van der Waals surface area contributed by atoms with Gasteiger partial charge in [0.15, 0.2) is 0 Å². The maximum atomic E-state index is 5.44. The molecule has 1 aliphatic carbocycles. The molecule has 1 fully saturated rings. The van der Waals surface area contributed by atoms with Crippen LogP contribution < -0.4 is 5.32 Å². The minimum absolute atomic E-state index is 0.484. The molecular formula is C13H27NO. The number of rotatable bonds is 5. The Bertz CT molecular complexity index is 162. The molecule has 0 amide bonds. The molecule has 1 N–H and O–H groups in total. The van der Waals surface area contributed by atoms with E-state index in [0.717, 1.165) is 25.0 Å². The molecule has 0 aromatic rings. The largest absolute Gasteiger partial charge is 0.380 e. The summed E-state index contributed by atoms with van der Waals surface area (Å²) in [6, 6.07) is 1.17. The highest BCUT2D eigenvalue weighted by molar-refractivity contribution is 4.84. The van der Waals surface area contributed by atoms with Crippen LogP contribution in [0, 0.1) is 11.8 Å². The molecule has 0 aromatic heterocycles. The van der Waals surface area contributed by atoms with Gasteiger partial charge in [-0.3, -0.25) is 0 Å². The minimum atomic E-state index is 0.484. The van der Waals surface area contributed by atoms with E-state index in [0.29, 0.717) is 12.1 Å². The molecule has 0 saturated heterocycles. The van der Waals surface area contributed by atoms with Gasteiger partial charge in [-0.15, -0.1) is 0 Å². The van der Waals surface area contributed by atoms with E-state index < -0.39 is 0 Å². The number of nitrogens with one attached hydrogen (secondary N) is 1. The molecule has 0 heterocycles. The van der Waals surface area contributed by atoms with Gasteiger partial charge in [-0.1, -0.05) is 20.3 Å². The quantitative estimate of drug-likeness (QED) is 0.758. The Hall–Kier alpha value is -0.0800. The average molecular weight is 213 g/mol. The highest BCUT2D eigenvalue weighted by Crippen LogP contribution is 2.28. The molecular weight excluding hydrogens is 186 g/mol. The fourth-order valence-corrected chi connectivity index (χ4v) is 2.68. The molecule has 3 unspecified atom stereocenters. The molecule has 15 heavy (non-hydrogen) atoms. The van der Waals surface area contributed by atoms with Gasteiger partial charge in [-0.25, -0.2) is 0 Å². The SMILES string of the molecule is CCOCC(C)NC1C(C)CCCC1C. The lowest BCUT2D eigenvalue weighted by Gasteiger charge is -2.37. The molecule has 0 spiro atoms. The lowest BCUT2D eigenvalue weighted by molar-refractivity contribution is 0.107. The second kappa shape index (κ2) is 6.49. The van der Waals surface area contributed by atoms with Crippen LogP contribution in [0.2, 0.25) is 0 Å². The molecule has 2 nitrogen and oxygen atoms in total. The molecule has 1 rings (SSSR count). The molecule has 0 aliphatic heterocycles. The van der Waals surface area contributed by atoms with E-state index in [2.05, 4.69) is 33.0 Å². The topological polar surface area (TPSA) is 21.3 Å². The zero-order valence-corrected chi connectivity index (χ0v) is 10.8. The minimum Gasteiger partial charge on any atom is -0.380 e. The van der Waals surface area contributed by atoms with Crippen molar-refractivity contribution in [3.8, 4) is 0 Å². The molecule has 1 aliphatic rings. The molecule has 90 valence electrons. The Kier molecular flexibility index (Phi) is 5.62. The Morgan fingerprint density at radius 2 is 1.87 bits per heavy atom. The van der Waals surface area contributed by atoms with E-state index in [9.17, 15) is 0 Å². The zero-order chi connectivity index (χ0) is 11.3. The van der Waals surface area contributed by atoms with Gasteiger partial charge >= 0.3 is 0 Å². The summed E-state index contributed by atoms with van der Waals surface area (Å²) in [4.78, 5) is 0. The van der Waals surface area contributed by atoms with E-state index in [1.54, 1.807) is 0 Å². The van der Waals surface area contributed by atoms with Crippen LogP contribution in [0.3, 0.4) is 0 Å². The first-order valence-electron chi connectivity index (χ1n) is 6.49. The number of hydrogen-bond donors (Lipinski definition) is 1. The van der Waals surface area contributed by atoms with E-state index in [1.165, 1.54) is 19.3 Å². The van der Waals surface area contributed by atoms with E-state index >= 15 is 0 Å². The van der Waals surface area contributed by atoms with E-state index in [1.807, 2.05) is 0 Å². The van der Waals surface area contributed by atoms with Crippen molar-refractivity contribution in [2.45, 2.75) is 59.0 Å². The predicted octanol–water partition coefficient (Wildman–Crippen LogP) is 2.83.